The Morgan fingerprint density at radius 3 is 2.76 bits per heavy atom. The van der Waals surface area contributed by atoms with Gasteiger partial charge in [-0.25, -0.2) is 23.1 Å². The molecule has 9 nitrogen and oxygen atoms in total. The standard InChI is InChI=1S/C30H28F3N7O2/c1-2-39-11-9-25(24(33)17-39)37-28-15-36-26-8-6-19(13-27(26)38-28)4-3-10-35-29(41)21-14-34-18-40(30(21)42)16-20-5-7-22(31)23(32)12-20/h5-8,12-15,18,24-25H,2,9-11,16-17H2,1H3,(H,35,41)(H,37,38). The van der Waals surface area contributed by atoms with E-state index in [0.29, 0.717) is 40.9 Å². The molecule has 1 aliphatic rings. The second-order valence-electron chi connectivity index (χ2n) is 9.88. The summed E-state index contributed by atoms with van der Waals surface area (Å²) in [5.74, 6) is 3.58. The van der Waals surface area contributed by atoms with Crippen molar-refractivity contribution < 1.29 is 18.0 Å². The number of benzene rings is 2. The average molecular weight is 576 g/mol. The molecule has 1 fully saturated rings. The Hall–Kier alpha value is -4.76. The number of anilines is 1. The van der Waals surface area contributed by atoms with E-state index in [-0.39, 0.29) is 24.7 Å². The molecule has 0 saturated carbocycles. The van der Waals surface area contributed by atoms with Crippen molar-refractivity contribution in [3.05, 3.63) is 93.8 Å². The van der Waals surface area contributed by atoms with Gasteiger partial charge in [-0.1, -0.05) is 24.8 Å². The quantitative estimate of drug-likeness (QED) is 0.327. The van der Waals surface area contributed by atoms with Crippen LogP contribution in [0.3, 0.4) is 0 Å². The molecule has 0 bridgehead atoms. The lowest BCUT2D eigenvalue weighted by Crippen LogP contribution is -2.47. The van der Waals surface area contributed by atoms with E-state index < -0.39 is 29.3 Å². The summed E-state index contributed by atoms with van der Waals surface area (Å²) in [5, 5.41) is 5.74. The molecule has 0 radical (unpaired) electrons. The van der Waals surface area contributed by atoms with Crippen LogP contribution in [0, 0.1) is 23.5 Å². The van der Waals surface area contributed by atoms with Crippen molar-refractivity contribution in [3.63, 3.8) is 0 Å². The molecule has 2 aromatic heterocycles. The lowest BCUT2D eigenvalue weighted by atomic mass is 10.0. The second-order valence-corrected chi connectivity index (χ2v) is 9.88. The van der Waals surface area contributed by atoms with E-state index in [1.54, 1.807) is 24.4 Å². The fourth-order valence-electron chi connectivity index (χ4n) is 4.69. The normalized spacial score (nSPS) is 17.0. The molecule has 0 spiro atoms. The van der Waals surface area contributed by atoms with Crippen molar-refractivity contribution in [2.24, 2.45) is 0 Å². The number of hydrogen-bond acceptors (Lipinski definition) is 7. The summed E-state index contributed by atoms with van der Waals surface area (Å²) in [6.07, 6.45) is 3.62. The number of carbonyl (C=O) groups excluding carboxylic acids is 1. The minimum Gasteiger partial charge on any atom is -0.363 e. The first kappa shape index (κ1) is 28.8. The molecule has 1 aliphatic heterocycles. The van der Waals surface area contributed by atoms with Crippen LogP contribution in [-0.4, -0.2) is 68.7 Å². The number of amides is 1. The number of rotatable bonds is 7. The molecular weight excluding hydrogens is 547 g/mol. The maximum atomic E-state index is 14.6. The lowest BCUT2D eigenvalue weighted by Gasteiger charge is -2.34. The molecule has 1 saturated heterocycles. The van der Waals surface area contributed by atoms with Gasteiger partial charge in [-0.15, -0.1) is 0 Å². The average Bonchev–Trinajstić information content (AvgIpc) is 2.99. The predicted octanol–water partition coefficient (Wildman–Crippen LogP) is 3.14. The molecule has 1 amide bonds. The van der Waals surface area contributed by atoms with Gasteiger partial charge in [0.2, 0.25) is 0 Å². The van der Waals surface area contributed by atoms with E-state index in [1.807, 2.05) is 6.92 Å². The third kappa shape index (κ3) is 6.75. The smallest absolute Gasteiger partial charge is 0.266 e. The number of aromatic nitrogens is 4. The Labute approximate surface area is 239 Å². The van der Waals surface area contributed by atoms with Crippen molar-refractivity contribution >= 4 is 22.8 Å². The van der Waals surface area contributed by atoms with Crippen LogP contribution >= 0.6 is 0 Å². The molecule has 2 unspecified atom stereocenters. The summed E-state index contributed by atoms with van der Waals surface area (Å²) < 4.78 is 42.4. The summed E-state index contributed by atoms with van der Waals surface area (Å²) >= 11 is 0. The third-order valence-electron chi connectivity index (χ3n) is 7.00. The summed E-state index contributed by atoms with van der Waals surface area (Å²) in [6, 6.07) is 8.27. The highest BCUT2D eigenvalue weighted by atomic mass is 19.2. The van der Waals surface area contributed by atoms with Crippen molar-refractivity contribution in [1.82, 2.24) is 29.7 Å². The van der Waals surface area contributed by atoms with Crippen LogP contribution in [0.25, 0.3) is 11.0 Å². The molecule has 42 heavy (non-hydrogen) atoms. The largest absolute Gasteiger partial charge is 0.363 e. The molecule has 0 aliphatic carbocycles. The first-order chi connectivity index (χ1) is 20.3. The Balaban J connectivity index is 1.21. The first-order valence-corrected chi connectivity index (χ1v) is 13.5. The van der Waals surface area contributed by atoms with E-state index in [9.17, 15) is 22.8 Å². The first-order valence-electron chi connectivity index (χ1n) is 13.5. The van der Waals surface area contributed by atoms with Crippen molar-refractivity contribution in [1.29, 1.82) is 0 Å². The van der Waals surface area contributed by atoms with Gasteiger partial charge in [0, 0.05) is 24.8 Å². The van der Waals surface area contributed by atoms with E-state index in [4.69, 9.17) is 0 Å². The summed E-state index contributed by atoms with van der Waals surface area (Å²) in [4.78, 5) is 40.4. The monoisotopic (exact) mass is 575 g/mol. The van der Waals surface area contributed by atoms with Crippen LogP contribution in [0.5, 0.6) is 0 Å². The number of halogens is 3. The summed E-state index contributed by atoms with van der Waals surface area (Å²) in [7, 11) is 0. The SMILES string of the molecule is CCN1CCC(Nc2cnc3ccc(C#CCNC(=O)c4cncn(Cc5ccc(F)c(F)c5)c4=O)cc3n2)C(F)C1. The number of nitrogens with one attached hydrogen (secondary N) is 2. The molecule has 2 aromatic carbocycles. The van der Waals surface area contributed by atoms with Gasteiger partial charge >= 0.3 is 0 Å². The number of nitrogens with zero attached hydrogens (tertiary/aromatic N) is 5. The Kier molecular flexibility index (Phi) is 8.78. The molecule has 216 valence electrons. The molecular formula is C30H28F3N7O2. The van der Waals surface area contributed by atoms with Gasteiger partial charge in [-0.3, -0.25) is 19.1 Å². The zero-order valence-electron chi connectivity index (χ0n) is 22.8. The van der Waals surface area contributed by atoms with Crippen LogP contribution < -0.4 is 16.2 Å². The number of likely N-dealkylation sites (tertiary alicyclic amines) is 1. The topological polar surface area (TPSA) is 105 Å². The van der Waals surface area contributed by atoms with Crippen molar-refractivity contribution in [3.8, 4) is 11.8 Å². The zero-order valence-corrected chi connectivity index (χ0v) is 22.8. The van der Waals surface area contributed by atoms with Gasteiger partial charge in [0.1, 0.15) is 17.6 Å². The van der Waals surface area contributed by atoms with Crippen LogP contribution in [0.4, 0.5) is 19.0 Å². The number of fused-ring (bicyclic) bond motifs is 1. The molecule has 4 aromatic rings. The van der Waals surface area contributed by atoms with Crippen LogP contribution in [0.15, 0.2) is 59.9 Å². The van der Waals surface area contributed by atoms with Gasteiger partial charge < -0.3 is 15.5 Å². The third-order valence-corrected chi connectivity index (χ3v) is 7.00. The number of alkyl halides is 1. The highest BCUT2D eigenvalue weighted by molar-refractivity contribution is 5.93. The minimum absolute atomic E-state index is 0.0456. The lowest BCUT2D eigenvalue weighted by molar-refractivity contribution is 0.0956. The molecule has 5 rings (SSSR count). The van der Waals surface area contributed by atoms with Gasteiger partial charge in [-0.2, -0.15) is 0 Å². The fourth-order valence-corrected chi connectivity index (χ4v) is 4.69. The molecule has 3 heterocycles. The van der Waals surface area contributed by atoms with Crippen LogP contribution in [0.2, 0.25) is 0 Å². The highest BCUT2D eigenvalue weighted by Crippen LogP contribution is 2.20. The van der Waals surface area contributed by atoms with Crippen molar-refractivity contribution in [2.45, 2.75) is 32.1 Å². The summed E-state index contributed by atoms with van der Waals surface area (Å²) in [6.45, 7) is 3.92. The number of hydrogen-bond donors (Lipinski definition) is 2. The Morgan fingerprint density at radius 1 is 1.12 bits per heavy atom. The maximum Gasteiger partial charge on any atom is 0.266 e. The van der Waals surface area contributed by atoms with E-state index >= 15 is 0 Å². The number of piperidine rings is 1. The molecule has 2 N–H and O–H groups in total. The Morgan fingerprint density at radius 2 is 1.98 bits per heavy atom. The highest BCUT2D eigenvalue weighted by Gasteiger charge is 2.28. The van der Waals surface area contributed by atoms with Gasteiger partial charge in [0.25, 0.3) is 11.5 Å². The number of carbonyl (C=O) groups is 1. The van der Waals surface area contributed by atoms with E-state index in [0.717, 1.165) is 36.0 Å². The zero-order chi connectivity index (χ0) is 29.6. The minimum atomic E-state index is -1.03. The van der Waals surface area contributed by atoms with Crippen molar-refractivity contribution in [2.75, 3.05) is 31.5 Å². The second kappa shape index (κ2) is 12.8. The summed E-state index contributed by atoms with van der Waals surface area (Å²) in [5.41, 5.74) is 1.39. The molecule has 12 heteroatoms. The van der Waals surface area contributed by atoms with E-state index in [2.05, 4.69) is 42.3 Å². The van der Waals surface area contributed by atoms with Crippen LogP contribution in [-0.2, 0) is 6.54 Å². The fraction of sp³-hybridized carbons (Fsp3) is 0.300. The Bertz CT molecular complexity index is 1730. The van der Waals surface area contributed by atoms with E-state index in [1.165, 1.54) is 12.4 Å². The maximum absolute atomic E-state index is 14.6. The molecule has 2 atom stereocenters. The van der Waals surface area contributed by atoms with Gasteiger partial charge in [0.05, 0.1) is 42.7 Å². The predicted molar refractivity (Wildman–Crippen MR) is 152 cm³/mol. The van der Waals surface area contributed by atoms with Crippen LogP contribution in [0.1, 0.15) is 34.8 Å². The van der Waals surface area contributed by atoms with Gasteiger partial charge in [-0.05, 0) is 48.9 Å². The van der Waals surface area contributed by atoms with Gasteiger partial charge in [0.15, 0.2) is 11.6 Å².